The van der Waals surface area contributed by atoms with E-state index in [1.807, 2.05) is 24.3 Å². The van der Waals surface area contributed by atoms with Gasteiger partial charge >= 0.3 is 6.09 Å². The fourth-order valence-corrected chi connectivity index (χ4v) is 2.16. The maximum absolute atomic E-state index is 11.5. The Morgan fingerprint density at radius 1 is 1.47 bits per heavy atom. The third kappa shape index (κ3) is 2.44. The lowest BCUT2D eigenvalue weighted by Gasteiger charge is -2.12. The van der Waals surface area contributed by atoms with Crippen LogP contribution in [0.15, 0.2) is 28.7 Å². The van der Waals surface area contributed by atoms with Crippen LogP contribution in [0.3, 0.4) is 0 Å². The minimum atomic E-state index is -0.251. The molecule has 1 saturated heterocycles. The van der Waals surface area contributed by atoms with E-state index in [1.54, 1.807) is 4.90 Å². The van der Waals surface area contributed by atoms with E-state index < -0.39 is 0 Å². The Labute approximate surface area is 110 Å². The van der Waals surface area contributed by atoms with Gasteiger partial charge in [-0.25, -0.2) is 4.79 Å². The third-order valence-corrected chi connectivity index (χ3v) is 3.70. The predicted octanol–water partition coefficient (Wildman–Crippen LogP) is 3.21. The predicted molar refractivity (Wildman–Crippen MR) is 70.6 cm³/mol. The van der Waals surface area contributed by atoms with Crippen molar-refractivity contribution in [2.45, 2.75) is 6.10 Å². The van der Waals surface area contributed by atoms with Crippen molar-refractivity contribution >= 4 is 50.3 Å². The Bertz CT molecular complexity index is 368. The first-order chi connectivity index (χ1) is 7.20. The summed E-state index contributed by atoms with van der Waals surface area (Å²) in [6.45, 7) is 0.642. The van der Waals surface area contributed by atoms with Crippen LogP contribution in [-0.4, -0.2) is 23.2 Å². The highest BCUT2D eigenvalue weighted by Gasteiger charge is 2.31. The molecular weight excluding hydrogens is 373 g/mol. The van der Waals surface area contributed by atoms with Gasteiger partial charge in [0.05, 0.1) is 6.54 Å². The average molecular weight is 382 g/mol. The van der Waals surface area contributed by atoms with Gasteiger partial charge in [-0.05, 0) is 24.3 Å². The van der Waals surface area contributed by atoms with Gasteiger partial charge in [-0.15, -0.1) is 0 Å². The Morgan fingerprint density at radius 2 is 2.13 bits per heavy atom. The zero-order valence-corrected chi connectivity index (χ0v) is 11.6. The number of carbonyl (C=O) groups excluding carboxylic acids is 1. The van der Waals surface area contributed by atoms with Crippen LogP contribution >= 0.6 is 38.5 Å². The van der Waals surface area contributed by atoms with Gasteiger partial charge in [0, 0.05) is 14.6 Å². The van der Waals surface area contributed by atoms with Crippen molar-refractivity contribution in [3.8, 4) is 0 Å². The summed E-state index contributed by atoms with van der Waals surface area (Å²) < 4.78 is 7.01. The highest BCUT2D eigenvalue weighted by atomic mass is 127. The fourth-order valence-electron chi connectivity index (χ4n) is 1.43. The van der Waals surface area contributed by atoms with E-state index in [2.05, 4.69) is 38.5 Å². The van der Waals surface area contributed by atoms with Gasteiger partial charge in [0.25, 0.3) is 0 Å². The standard InChI is InChI=1S/C10H9BrINO2/c11-7-1-3-8(4-2-7)13-6-9(5-12)15-10(13)14/h1-4,9H,5-6H2/t9-/m0/s1. The molecule has 0 saturated carbocycles. The number of hydrogen-bond acceptors (Lipinski definition) is 2. The van der Waals surface area contributed by atoms with Gasteiger partial charge in [-0.2, -0.15) is 0 Å². The topological polar surface area (TPSA) is 29.5 Å². The number of carbonyl (C=O) groups is 1. The zero-order valence-electron chi connectivity index (χ0n) is 7.82. The molecule has 3 nitrogen and oxygen atoms in total. The van der Waals surface area contributed by atoms with Crippen molar-refractivity contribution in [2.75, 3.05) is 15.9 Å². The lowest BCUT2D eigenvalue weighted by atomic mass is 10.3. The molecule has 1 aliphatic rings. The average Bonchev–Trinajstić information content (AvgIpc) is 2.61. The summed E-state index contributed by atoms with van der Waals surface area (Å²) in [5.41, 5.74) is 0.885. The van der Waals surface area contributed by atoms with Gasteiger partial charge in [0.2, 0.25) is 0 Å². The minimum absolute atomic E-state index is 0.0155. The van der Waals surface area contributed by atoms with E-state index >= 15 is 0 Å². The van der Waals surface area contributed by atoms with Crippen molar-refractivity contribution in [2.24, 2.45) is 0 Å². The molecule has 0 radical (unpaired) electrons. The van der Waals surface area contributed by atoms with Crippen LogP contribution in [-0.2, 0) is 4.74 Å². The van der Waals surface area contributed by atoms with Gasteiger partial charge < -0.3 is 4.74 Å². The largest absolute Gasteiger partial charge is 0.443 e. The van der Waals surface area contributed by atoms with Gasteiger partial charge in [0.1, 0.15) is 6.10 Å². The summed E-state index contributed by atoms with van der Waals surface area (Å²) in [5.74, 6) is 0. The molecule has 5 heteroatoms. The van der Waals surface area contributed by atoms with E-state index in [1.165, 1.54) is 0 Å². The molecule has 0 aromatic heterocycles. The first-order valence-corrected chi connectivity index (χ1v) is 6.82. The summed E-state index contributed by atoms with van der Waals surface area (Å²) in [6, 6.07) is 7.64. The molecule has 2 rings (SSSR count). The van der Waals surface area contributed by atoms with E-state index in [9.17, 15) is 4.79 Å². The summed E-state index contributed by atoms with van der Waals surface area (Å²) in [6.07, 6.45) is -0.235. The maximum atomic E-state index is 11.5. The van der Waals surface area contributed by atoms with Crippen LogP contribution in [0.2, 0.25) is 0 Å². The molecule has 0 aliphatic carbocycles. The molecule has 0 N–H and O–H groups in total. The number of rotatable bonds is 2. The van der Waals surface area contributed by atoms with Crippen LogP contribution < -0.4 is 4.90 Å². The van der Waals surface area contributed by atoms with E-state index in [0.717, 1.165) is 14.6 Å². The summed E-state index contributed by atoms with van der Waals surface area (Å²) in [5, 5.41) is 0. The fraction of sp³-hybridized carbons (Fsp3) is 0.300. The molecule has 0 unspecified atom stereocenters. The lowest BCUT2D eigenvalue weighted by molar-refractivity contribution is 0.153. The number of halogens is 2. The molecule has 15 heavy (non-hydrogen) atoms. The summed E-state index contributed by atoms with van der Waals surface area (Å²) in [4.78, 5) is 13.2. The van der Waals surface area contributed by atoms with Gasteiger partial charge in [0.15, 0.2) is 0 Å². The van der Waals surface area contributed by atoms with Crippen LogP contribution in [0.25, 0.3) is 0 Å². The molecule has 1 aliphatic heterocycles. The molecule has 1 aromatic carbocycles. The number of nitrogens with zero attached hydrogens (tertiary/aromatic N) is 1. The number of alkyl halides is 1. The third-order valence-electron chi connectivity index (χ3n) is 2.18. The van der Waals surface area contributed by atoms with Crippen molar-refractivity contribution in [1.82, 2.24) is 0 Å². The second-order valence-corrected chi connectivity index (χ2v) is 5.04. The second kappa shape index (κ2) is 4.69. The van der Waals surface area contributed by atoms with E-state index in [0.29, 0.717) is 6.54 Å². The molecule has 1 fully saturated rings. The zero-order chi connectivity index (χ0) is 10.8. The quantitative estimate of drug-likeness (QED) is 0.581. The first kappa shape index (κ1) is 11.2. The highest BCUT2D eigenvalue weighted by Crippen LogP contribution is 2.23. The smallest absolute Gasteiger partial charge is 0.414 e. The summed E-state index contributed by atoms with van der Waals surface area (Å²) >= 11 is 5.58. The number of ether oxygens (including phenoxy) is 1. The lowest BCUT2D eigenvalue weighted by Crippen LogP contribution is -2.24. The SMILES string of the molecule is O=C1O[C@@H](CI)CN1c1ccc(Br)cc1. The van der Waals surface area contributed by atoms with Crippen LogP contribution in [0, 0.1) is 0 Å². The van der Waals surface area contributed by atoms with Crippen LogP contribution in [0.4, 0.5) is 10.5 Å². The molecule has 1 amide bonds. The van der Waals surface area contributed by atoms with Gasteiger partial charge in [-0.3, -0.25) is 4.90 Å². The van der Waals surface area contributed by atoms with Crippen molar-refractivity contribution in [1.29, 1.82) is 0 Å². The van der Waals surface area contributed by atoms with Gasteiger partial charge in [-0.1, -0.05) is 38.5 Å². The monoisotopic (exact) mass is 381 g/mol. The maximum Gasteiger partial charge on any atom is 0.414 e. The van der Waals surface area contributed by atoms with Crippen molar-refractivity contribution < 1.29 is 9.53 Å². The molecular formula is C10H9BrINO2. The number of cyclic esters (lactones) is 1. The minimum Gasteiger partial charge on any atom is -0.443 e. The van der Waals surface area contributed by atoms with Crippen LogP contribution in [0.5, 0.6) is 0 Å². The molecule has 1 heterocycles. The number of amides is 1. The molecule has 0 bridgehead atoms. The Kier molecular flexibility index (Phi) is 3.50. The number of anilines is 1. The Hall–Kier alpha value is -0.300. The molecule has 1 atom stereocenters. The van der Waals surface area contributed by atoms with E-state index in [-0.39, 0.29) is 12.2 Å². The molecule has 0 spiro atoms. The highest BCUT2D eigenvalue weighted by molar-refractivity contribution is 14.1. The first-order valence-electron chi connectivity index (χ1n) is 4.50. The van der Waals surface area contributed by atoms with Crippen molar-refractivity contribution in [3.05, 3.63) is 28.7 Å². The Morgan fingerprint density at radius 3 is 2.67 bits per heavy atom. The normalized spacial score (nSPS) is 20.5. The second-order valence-electron chi connectivity index (χ2n) is 3.25. The van der Waals surface area contributed by atoms with Crippen LogP contribution in [0.1, 0.15) is 0 Å². The number of hydrogen-bond donors (Lipinski definition) is 0. The molecule has 80 valence electrons. The summed E-state index contributed by atoms with van der Waals surface area (Å²) in [7, 11) is 0. The van der Waals surface area contributed by atoms with Crippen molar-refractivity contribution in [3.63, 3.8) is 0 Å². The Balaban J connectivity index is 2.18. The molecule has 1 aromatic rings. The van der Waals surface area contributed by atoms with E-state index in [4.69, 9.17) is 4.74 Å². The number of benzene rings is 1.